The van der Waals surface area contributed by atoms with Gasteiger partial charge in [-0.25, -0.2) is 31.9 Å². The van der Waals surface area contributed by atoms with E-state index >= 15 is 0 Å². The van der Waals surface area contributed by atoms with Gasteiger partial charge in [-0.05, 0) is 48.6 Å². The van der Waals surface area contributed by atoms with Gasteiger partial charge in [0.2, 0.25) is 0 Å². The van der Waals surface area contributed by atoms with E-state index in [9.17, 15) is 18.0 Å². The first-order valence-corrected chi connectivity index (χ1v) is 12.0. The van der Waals surface area contributed by atoms with Crippen LogP contribution in [0.4, 0.5) is 0 Å². The Balaban J connectivity index is 1.42. The van der Waals surface area contributed by atoms with E-state index in [0.29, 0.717) is 42.2 Å². The molecule has 7 aliphatic rings. The highest BCUT2D eigenvalue weighted by Gasteiger charge is 3.02. The molecule has 28 heavy (non-hydrogen) atoms. The molecule has 2 bridgehead atoms. The molecule has 2 unspecified atom stereocenters. The molecule has 0 amide bonds. The molecule has 1 aromatic heterocycles. The molecule has 144 valence electrons. The first kappa shape index (κ1) is 14.8. The summed E-state index contributed by atoms with van der Waals surface area (Å²) in [4.78, 5) is 26.9. The van der Waals surface area contributed by atoms with Gasteiger partial charge in [-0.1, -0.05) is 18.2 Å². The lowest BCUT2D eigenvalue weighted by Crippen LogP contribution is -2.52. The number of hydrogen-bond donors (Lipinski definition) is 0. The molecule has 2 spiro atoms. The first-order valence-electron chi connectivity index (χ1n) is 10.2. The molecule has 7 nitrogen and oxygen atoms in total. The second-order valence-corrected chi connectivity index (χ2v) is 12.1. The third kappa shape index (κ3) is 1.14. The zero-order valence-corrected chi connectivity index (χ0v) is 15.9. The summed E-state index contributed by atoms with van der Waals surface area (Å²) in [5.74, 6) is 2.54. The number of nitrogens with zero attached hydrogens (tertiary/aromatic N) is 3. The Morgan fingerprint density at radius 3 is 1.89 bits per heavy atom. The van der Waals surface area contributed by atoms with Crippen molar-refractivity contribution in [3.05, 3.63) is 51.3 Å². The summed E-state index contributed by atoms with van der Waals surface area (Å²) in [5, 5.41) is 0. The van der Waals surface area contributed by atoms with E-state index in [0.717, 1.165) is 0 Å². The molecule has 8 heteroatoms. The highest BCUT2D eigenvalue weighted by Crippen LogP contribution is 3.04. The quantitative estimate of drug-likeness (QED) is 0.706. The summed E-state index contributed by atoms with van der Waals surface area (Å²) in [6.07, 6.45) is 1.33. The van der Waals surface area contributed by atoms with Gasteiger partial charge in [0.1, 0.15) is 9.84 Å². The van der Waals surface area contributed by atoms with E-state index in [1.165, 1.54) is 4.57 Å². The summed E-state index contributed by atoms with van der Waals surface area (Å²) < 4.78 is 29.6. The standard InChI is InChI=1S/C20H19N3O4S/c24-17-21(10-4-2-1-3-5-10)18(25)23-16-13-11-12(13)15(22(17)23)19-6-8-28(26,27)9-7-20(16,19)14(11)19/h1-5,11-16H,6-9H2/t11?,12-,13+,14?,15-,16-,19+,20-/m1/s1. The van der Waals surface area contributed by atoms with Crippen molar-refractivity contribution in [1.82, 2.24) is 13.9 Å². The van der Waals surface area contributed by atoms with Crippen molar-refractivity contribution in [3.63, 3.8) is 0 Å². The van der Waals surface area contributed by atoms with Crippen LogP contribution in [0.5, 0.6) is 0 Å². The monoisotopic (exact) mass is 397 g/mol. The van der Waals surface area contributed by atoms with Gasteiger partial charge < -0.3 is 0 Å². The summed E-state index contributed by atoms with van der Waals surface area (Å²) in [5.41, 5.74) is -0.0239. The van der Waals surface area contributed by atoms with Crippen LogP contribution in [-0.2, 0) is 9.84 Å². The van der Waals surface area contributed by atoms with Gasteiger partial charge in [-0.2, -0.15) is 0 Å². The van der Waals surface area contributed by atoms with Crippen molar-refractivity contribution in [2.24, 2.45) is 34.5 Å². The average Bonchev–Trinajstić information content (AvgIpc) is 3.45. The normalized spacial score (nSPS) is 49.3. The third-order valence-electron chi connectivity index (χ3n) is 9.46. The number of hydrogen-bond acceptors (Lipinski definition) is 4. The molecule has 9 rings (SSSR count). The van der Waals surface area contributed by atoms with Crippen LogP contribution in [0.1, 0.15) is 24.9 Å². The summed E-state index contributed by atoms with van der Waals surface area (Å²) >= 11 is 0. The molecule has 2 aromatic rings. The van der Waals surface area contributed by atoms with Crippen molar-refractivity contribution in [2.45, 2.75) is 24.9 Å². The minimum Gasteiger partial charge on any atom is -0.245 e. The van der Waals surface area contributed by atoms with E-state index in [-0.39, 0.29) is 45.8 Å². The Morgan fingerprint density at radius 1 is 0.821 bits per heavy atom. The van der Waals surface area contributed by atoms with Crippen molar-refractivity contribution >= 4 is 9.84 Å². The minimum atomic E-state index is -3.03. The Labute approximate surface area is 160 Å². The maximum Gasteiger partial charge on any atom is 0.352 e. The first-order chi connectivity index (χ1) is 13.5. The van der Waals surface area contributed by atoms with Gasteiger partial charge in [0, 0.05) is 10.8 Å². The molecule has 8 atom stereocenters. The molecule has 3 aliphatic heterocycles. The average molecular weight is 397 g/mol. The van der Waals surface area contributed by atoms with E-state index in [2.05, 4.69) is 0 Å². The van der Waals surface area contributed by atoms with Gasteiger partial charge in [0.15, 0.2) is 0 Å². The maximum atomic E-state index is 13.4. The van der Waals surface area contributed by atoms with E-state index < -0.39 is 9.84 Å². The predicted molar refractivity (Wildman–Crippen MR) is 99.1 cm³/mol. The smallest absolute Gasteiger partial charge is 0.245 e. The predicted octanol–water partition coefficient (Wildman–Crippen LogP) is 0.597. The number of rotatable bonds is 1. The van der Waals surface area contributed by atoms with Crippen LogP contribution < -0.4 is 11.4 Å². The molecule has 1 saturated heterocycles. The molecule has 1 aromatic carbocycles. The zero-order chi connectivity index (χ0) is 18.8. The van der Waals surface area contributed by atoms with Crippen LogP contribution in [0.25, 0.3) is 5.69 Å². The Kier molecular flexibility index (Phi) is 2.03. The van der Waals surface area contributed by atoms with Gasteiger partial charge in [0.25, 0.3) is 0 Å². The van der Waals surface area contributed by atoms with Crippen molar-refractivity contribution in [3.8, 4) is 5.69 Å². The summed E-state index contributed by atoms with van der Waals surface area (Å²) in [6, 6.07) is 9.16. The van der Waals surface area contributed by atoms with Crippen molar-refractivity contribution in [2.75, 3.05) is 11.5 Å². The number of benzene rings is 1. The van der Waals surface area contributed by atoms with Gasteiger partial charge in [-0.3, -0.25) is 0 Å². The molecular formula is C20H19N3O4S. The SMILES string of the molecule is O=c1n(-c2ccccc2)c(=O)n2n1[C@@H]1[C@@H]3C4C5[C@@]16CCS(=O)(=O)CC[C@]56[C@H]2[C@@H]43. The lowest BCUT2D eigenvalue weighted by Gasteiger charge is -2.47. The second kappa shape index (κ2) is 3.84. The molecule has 0 radical (unpaired) electrons. The Bertz CT molecular complexity index is 1260. The van der Waals surface area contributed by atoms with E-state index in [1.807, 2.05) is 18.2 Å². The Hall–Kier alpha value is -2.09. The highest BCUT2D eigenvalue weighted by molar-refractivity contribution is 7.91. The topological polar surface area (TPSA) is 83.1 Å². The third-order valence-corrected chi connectivity index (χ3v) is 11.1. The van der Waals surface area contributed by atoms with E-state index in [1.54, 1.807) is 21.5 Å². The fourth-order valence-electron chi connectivity index (χ4n) is 9.01. The van der Waals surface area contributed by atoms with Gasteiger partial charge in [-0.15, -0.1) is 0 Å². The van der Waals surface area contributed by atoms with Crippen LogP contribution in [0, 0.1) is 34.5 Å². The number of para-hydroxylation sites is 1. The second-order valence-electron chi connectivity index (χ2n) is 9.76. The van der Waals surface area contributed by atoms with Crippen molar-refractivity contribution in [1.29, 1.82) is 0 Å². The number of aromatic nitrogens is 3. The van der Waals surface area contributed by atoms with Crippen LogP contribution in [0.15, 0.2) is 39.9 Å². The molecule has 4 saturated carbocycles. The van der Waals surface area contributed by atoms with Crippen LogP contribution >= 0.6 is 0 Å². The summed E-state index contributed by atoms with van der Waals surface area (Å²) in [6.45, 7) is 0. The minimum absolute atomic E-state index is 0.0102. The van der Waals surface area contributed by atoms with Gasteiger partial charge in [0.05, 0.1) is 29.3 Å². The molecule has 0 N–H and O–H groups in total. The molecular weight excluding hydrogens is 378 g/mol. The number of sulfone groups is 1. The fourth-order valence-corrected chi connectivity index (χ4v) is 10.5. The lowest BCUT2D eigenvalue weighted by molar-refractivity contribution is -0.00192. The largest absolute Gasteiger partial charge is 0.352 e. The zero-order valence-electron chi connectivity index (χ0n) is 15.1. The molecule has 4 heterocycles. The van der Waals surface area contributed by atoms with Crippen molar-refractivity contribution < 1.29 is 8.42 Å². The maximum absolute atomic E-state index is 13.4. The highest BCUT2D eigenvalue weighted by atomic mass is 32.2. The lowest BCUT2D eigenvalue weighted by atomic mass is 9.69. The van der Waals surface area contributed by atoms with Gasteiger partial charge >= 0.3 is 11.4 Å². The Morgan fingerprint density at radius 2 is 1.36 bits per heavy atom. The molecule has 4 aliphatic carbocycles. The summed E-state index contributed by atoms with van der Waals surface area (Å²) in [7, 11) is -3.03. The van der Waals surface area contributed by atoms with Crippen LogP contribution in [0.3, 0.4) is 0 Å². The van der Waals surface area contributed by atoms with Crippen LogP contribution in [0.2, 0.25) is 0 Å². The van der Waals surface area contributed by atoms with E-state index in [4.69, 9.17) is 0 Å². The van der Waals surface area contributed by atoms with Crippen LogP contribution in [-0.4, -0.2) is 33.9 Å². The molecule has 5 fully saturated rings. The fraction of sp³-hybridized carbons (Fsp3) is 0.600.